The molecule has 0 unspecified atom stereocenters. The topological polar surface area (TPSA) is 66.5 Å². The van der Waals surface area contributed by atoms with Crippen molar-refractivity contribution < 1.29 is 13.2 Å². The monoisotopic (exact) mass is 414 g/mol. The molecule has 5 nitrogen and oxygen atoms in total. The third-order valence-corrected chi connectivity index (χ3v) is 5.36. The van der Waals surface area contributed by atoms with Crippen LogP contribution in [0.1, 0.15) is 18.9 Å². The van der Waals surface area contributed by atoms with Crippen molar-refractivity contribution in [2.45, 2.75) is 26.3 Å². The van der Waals surface area contributed by atoms with Crippen molar-refractivity contribution in [2.75, 3.05) is 15.9 Å². The van der Waals surface area contributed by atoms with Crippen LogP contribution < -0.4 is 9.62 Å². The van der Waals surface area contributed by atoms with Gasteiger partial charge in [0.15, 0.2) is 0 Å². The molecule has 140 valence electrons. The lowest BCUT2D eigenvalue weighted by Crippen LogP contribution is -2.47. The molecule has 0 aliphatic rings. The predicted octanol–water partition coefficient (Wildman–Crippen LogP) is 4.49. The molecule has 0 aliphatic carbocycles. The Balaban J connectivity index is 2.37. The Bertz CT molecular complexity index is 879. The van der Waals surface area contributed by atoms with E-state index in [4.69, 9.17) is 23.2 Å². The van der Waals surface area contributed by atoms with E-state index >= 15 is 0 Å². The van der Waals surface area contributed by atoms with Crippen LogP contribution in [0.25, 0.3) is 0 Å². The minimum atomic E-state index is -3.68. The van der Waals surface area contributed by atoms with Crippen LogP contribution in [-0.2, 0) is 14.8 Å². The lowest BCUT2D eigenvalue weighted by molar-refractivity contribution is -0.117. The molecule has 0 saturated carbocycles. The van der Waals surface area contributed by atoms with Crippen LogP contribution in [0.15, 0.2) is 42.5 Å². The van der Waals surface area contributed by atoms with E-state index in [2.05, 4.69) is 5.32 Å². The van der Waals surface area contributed by atoms with Gasteiger partial charge in [-0.15, -0.1) is 0 Å². The van der Waals surface area contributed by atoms with E-state index < -0.39 is 22.0 Å². The molecule has 8 heteroatoms. The van der Waals surface area contributed by atoms with Gasteiger partial charge < -0.3 is 5.32 Å². The summed E-state index contributed by atoms with van der Waals surface area (Å²) in [4.78, 5) is 12.8. The van der Waals surface area contributed by atoms with Gasteiger partial charge >= 0.3 is 0 Å². The van der Waals surface area contributed by atoms with Crippen molar-refractivity contribution in [1.82, 2.24) is 0 Å². The summed E-state index contributed by atoms with van der Waals surface area (Å²) in [5, 5.41) is 3.44. The molecule has 0 fully saturated rings. The number of anilines is 2. The van der Waals surface area contributed by atoms with Gasteiger partial charge in [-0.05, 0) is 43.7 Å². The minimum Gasteiger partial charge on any atom is -0.324 e. The number of halogens is 2. The van der Waals surface area contributed by atoms with Gasteiger partial charge in [0.05, 0.1) is 11.9 Å². The van der Waals surface area contributed by atoms with Gasteiger partial charge in [0.2, 0.25) is 15.9 Å². The van der Waals surface area contributed by atoms with Gasteiger partial charge in [0, 0.05) is 15.7 Å². The first-order valence-corrected chi connectivity index (χ1v) is 10.5. The summed E-state index contributed by atoms with van der Waals surface area (Å²) in [6.45, 7) is 3.66. The van der Waals surface area contributed by atoms with E-state index in [0.29, 0.717) is 27.8 Å². The number of sulfonamides is 1. The summed E-state index contributed by atoms with van der Waals surface area (Å²) in [6.07, 6.45) is 1.38. The van der Waals surface area contributed by atoms with Crippen LogP contribution in [0, 0.1) is 6.92 Å². The molecule has 0 bridgehead atoms. The van der Waals surface area contributed by atoms with Crippen molar-refractivity contribution in [3.8, 4) is 0 Å². The first kappa shape index (κ1) is 20.6. The number of aryl methyl sites for hydroxylation is 1. The number of rotatable bonds is 6. The van der Waals surface area contributed by atoms with Gasteiger partial charge in [-0.2, -0.15) is 0 Å². The normalized spacial score (nSPS) is 12.5. The Morgan fingerprint density at radius 2 is 1.65 bits per heavy atom. The smallest absolute Gasteiger partial charge is 0.248 e. The standard InChI is InChI=1S/C18H20Cl2N2O3S/c1-4-17(18(23)21-15-10-13(19)9-14(20)11-15)22(26(3,24)25)16-7-5-12(2)6-8-16/h5-11,17H,4H2,1-3H3,(H,21,23)/t17-/m1/s1. The maximum absolute atomic E-state index is 12.8. The van der Waals surface area contributed by atoms with Crippen LogP contribution >= 0.6 is 23.2 Å². The summed E-state index contributed by atoms with van der Waals surface area (Å²) in [5.41, 5.74) is 1.83. The number of carbonyl (C=O) groups excluding carboxylic acids is 1. The predicted molar refractivity (Wildman–Crippen MR) is 108 cm³/mol. The average Bonchev–Trinajstić information content (AvgIpc) is 2.51. The average molecular weight is 415 g/mol. The van der Waals surface area contributed by atoms with E-state index in [9.17, 15) is 13.2 Å². The number of nitrogens with zero attached hydrogens (tertiary/aromatic N) is 1. The quantitative estimate of drug-likeness (QED) is 0.756. The zero-order valence-corrected chi connectivity index (χ0v) is 17.0. The fraction of sp³-hybridized carbons (Fsp3) is 0.278. The molecule has 0 heterocycles. The molecule has 0 radical (unpaired) electrons. The maximum Gasteiger partial charge on any atom is 0.248 e. The van der Waals surface area contributed by atoms with Crippen LogP contribution in [0.3, 0.4) is 0 Å². The van der Waals surface area contributed by atoms with Gasteiger partial charge in [-0.1, -0.05) is 47.8 Å². The second kappa shape index (κ2) is 8.29. The minimum absolute atomic E-state index is 0.293. The fourth-order valence-electron chi connectivity index (χ4n) is 2.60. The maximum atomic E-state index is 12.8. The Hall–Kier alpha value is -1.76. The first-order valence-electron chi connectivity index (χ1n) is 7.95. The van der Waals surface area contributed by atoms with Gasteiger partial charge in [0.1, 0.15) is 6.04 Å². The third kappa shape index (κ3) is 5.13. The lowest BCUT2D eigenvalue weighted by Gasteiger charge is -2.30. The zero-order chi connectivity index (χ0) is 19.5. The van der Waals surface area contributed by atoms with E-state index in [-0.39, 0.29) is 0 Å². The Morgan fingerprint density at radius 1 is 1.12 bits per heavy atom. The summed E-state index contributed by atoms with van der Waals surface area (Å²) >= 11 is 11.9. The third-order valence-electron chi connectivity index (χ3n) is 3.75. The highest BCUT2D eigenvalue weighted by Gasteiger charge is 2.31. The molecule has 1 amide bonds. The van der Waals surface area contributed by atoms with Gasteiger partial charge in [-0.3, -0.25) is 9.10 Å². The zero-order valence-electron chi connectivity index (χ0n) is 14.7. The van der Waals surface area contributed by atoms with E-state index in [0.717, 1.165) is 16.1 Å². The second-order valence-electron chi connectivity index (χ2n) is 5.97. The fourth-order valence-corrected chi connectivity index (χ4v) is 4.34. The van der Waals surface area contributed by atoms with Crippen molar-refractivity contribution in [3.05, 3.63) is 58.1 Å². The molecular weight excluding hydrogens is 395 g/mol. The number of hydrogen-bond acceptors (Lipinski definition) is 3. The molecule has 0 saturated heterocycles. The van der Waals surface area contributed by atoms with Gasteiger partial charge in [0.25, 0.3) is 0 Å². The van der Waals surface area contributed by atoms with Crippen LogP contribution in [0.4, 0.5) is 11.4 Å². The molecule has 2 rings (SSSR count). The molecule has 1 atom stereocenters. The van der Waals surface area contributed by atoms with E-state index in [1.807, 2.05) is 6.92 Å². The number of benzene rings is 2. The van der Waals surface area contributed by atoms with E-state index in [1.54, 1.807) is 49.4 Å². The highest BCUT2D eigenvalue weighted by Crippen LogP contribution is 2.26. The van der Waals surface area contributed by atoms with Crippen LogP contribution in [0.5, 0.6) is 0 Å². The van der Waals surface area contributed by atoms with Crippen LogP contribution in [0.2, 0.25) is 10.0 Å². The van der Waals surface area contributed by atoms with Crippen molar-refractivity contribution in [1.29, 1.82) is 0 Å². The largest absolute Gasteiger partial charge is 0.324 e. The number of amides is 1. The Labute approximate surface area is 164 Å². The lowest BCUT2D eigenvalue weighted by atomic mass is 10.1. The molecule has 26 heavy (non-hydrogen) atoms. The summed E-state index contributed by atoms with van der Waals surface area (Å²) < 4.78 is 25.9. The van der Waals surface area contributed by atoms with Gasteiger partial charge in [-0.25, -0.2) is 8.42 Å². The first-order chi connectivity index (χ1) is 12.1. The van der Waals surface area contributed by atoms with Crippen molar-refractivity contribution in [3.63, 3.8) is 0 Å². The number of carbonyl (C=O) groups is 1. The SMILES string of the molecule is CC[C@H](C(=O)Nc1cc(Cl)cc(Cl)c1)N(c1ccc(C)cc1)S(C)(=O)=O. The Kier molecular flexibility index (Phi) is 6.55. The second-order valence-corrected chi connectivity index (χ2v) is 8.70. The number of hydrogen-bond donors (Lipinski definition) is 1. The molecule has 2 aromatic rings. The molecule has 2 aromatic carbocycles. The molecule has 0 aliphatic heterocycles. The summed E-state index contributed by atoms with van der Waals surface area (Å²) in [5.74, 6) is -0.461. The molecule has 0 aromatic heterocycles. The highest BCUT2D eigenvalue weighted by atomic mass is 35.5. The van der Waals surface area contributed by atoms with E-state index in [1.165, 1.54) is 0 Å². The van der Waals surface area contributed by atoms with Crippen molar-refractivity contribution >= 4 is 50.5 Å². The number of nitrogens with one attached hydrogen (secondary N) is 1. The summed E-state index contributed by atoms with van der Waals surface area (Å²) in [6, 6.07) is 10.7. The highest BCUT2D eigenvalue weighted by molar-refractivity contribution is 7.92. The van der Waals surface area contributed by atoms with Crippen LogP contribution in [-0.4, -0.2) is 26.6 Å². The van der Waals surface area contributed by atoms with Crippen molar-refractivity contribution in [2.24, 2.45) is 0 Å². The molecular formula is C18H20Cl2N2O3S. The Morgan fingerprint density at radius 3 is 2.12 bits per heavy atom. The summed E-state index contributed by atoms with van der Waals surface area (Å²) in [7, 11) is -3.68. The molecule has 1 N–H and O–H groups in total. The molecule has 0 spiro atoms.